The number of hydrogen-bond donors (Lipinski definition) is 0. The molecule has 5 heteroatoms. The van der Waals surface area contributed by atoms with E-state index in [0.29, 0.717) is 0 Å². The maximum atomic E-state index is 5.91. The van der Waals surface area contributed by atoms with Crippen LogP contribution in [0, 0.1) is 0 Å². The molecular weight excluding hydrogens is 270 g/mol. The first-order chi connectivity index (χ1) is 8.79. The first-order valence-electron chi connectivity index (χ1n) is 7.82. The van der Waals surface area contributed by atoms with Crippen molar-refractivity contribution in [1.82, 2.24) is 4.57 Å². The third kappa shape index (κ3) is 8.24. The molecule has 0 aromatic rings. The summed E-state index contributed by atoms with van der Waals surface area (Å²) in [6.07, 6.45) is 2.45. The van der Waals surface area contributed by atoms with Gasteiger partial charge < -0.3 is 13.4 Å². The highest BCUT2D eigenvalue weighted by atomic mass is 28.4. The van der Waals surface area contributed by atoms with E-state index in [1.54, 1.807) is 0 Å². The van der Waals surface area contributed by atoms with Gasteiger partial charge in [0.15, 0.2) is 0 Å². The topological polar surface area (TPSA) is 21.7 Å². The molecule has 0 aliphatic carbocycles. The van der Waals surface area contributed by atoms with Gasteiger partial charge in [0.05, 0.1) is 0 Å². The average molecular weight is 306 g/mol. The Morgan fingerprint density at radius 3 is 1.74 bits per heavy atom. The van der Waals surface area contributed by atoms with Crippen LogP contribution in [0.4, 0.5) is 0 Å². The van der Waals surface area contributed by atoms with Crippen LogP contribution in [0.5, 0.6) is 0 Å². The molecule has 0 aromatic heterocycles. The molecule has 0 saturated carbocycles. The van der Waals surface area contributed by atoms with Crippen molar-refractivity contribution in [1.29, 1.82) is 0 Å². The maximum Gasteiger partial charge on any atom is 0.334 e. The van der Waals surface area contributed by atoms with Gasteiger partial charge in [-0.25, -0.2) is 0 Å². The second kappa shape index (κ2) is 9.29. The van der Waals surface area contributed by atoms with Crippen LogP contribution >= 0.6 is 0 Å². The second-order valence-electron chi connectivity index (χ2n) is 6.26. The minimum Gasteiger partial charge on any atom is -0.395 e. The lowest BCUT2D eigenvalue weighted by Crippen LogP contribution is -2.47. The van der Waals surface area contributed by atoms with Gasteiger partial charge in [-0.2, -0.15) is 0 Å². The lowest BCUT2D eigenvalue weighted by Gasteiger charge is -2.35. The largest absolute Gasteiger partial charge is 0.395 e. The molecule has 0 saturated heterocycles. The highest BCUT2D eigenvalue weighted by Crippen LogP contribution is 2.18. The Hall–Kier alpha value is 0.314. The fraction of sp³-hybridized carbons (Fsp3) is 1.00. The SMILES string of the molecule is CCCN(CCC[Si](C)(OCC)OCC)[Si](C)(C)C. The van der Waals surface area contributed by atoms with E-state index in [1.165, 1.54) is 25.9 Å². The summed E-state index contributed by atoms with van der Waals surface area (Å²) in [5, 5.41) is 0. The van der Waals surface area contributed by atoms with E-state index in [1.807, 2.05) is 0 Å². The van der Waals surface area contributed by atoms with Gasteiger partial charge >= 0.3 is 8.56 Å². The molecule has 0 bridgehead atoms. The molecular formula is C14H35NO2Si2. The normalized spacial score (nSPS) is 13.3. The van der Waals surface area contributed by atoms with E-state index < -0.39 is 16.8 Å². The lowest BCUT2D eigenvalue weighted by molar-refractivity contribution is 0.187. The van der Waals surface area contributed by atoms with Crippen LogP contribution in [0.3, 0.4) is 0 Å². The van der Waals surface area contributed by atoms with Crippen LogP contribution in [-0.2, 0) is 8.85 Å². The summed E-state index contributed by atoms with van der Waals surface area (Å²) in [5.41, 5.74) is 0. The first kappa shape index (κ1) is 19.3. The summed E-state index contributed by atoms with van der Waals surface area (Å²) >= 11 is 0. The van der Waals surface area contributed by atoms with Gasteiger partial charge in [0.2, 0.25) is 0 Å². The highest BCUT2D eigenvalue weighted by molar-refractivity contribution is 6.73. The number of rotatable bonds is 11. The fourth-order valence-electron chi connectivity index (χ4n) is 2.44. The zero-order valence-electron chi connectivity index (χ0n) is 14.2. The maximum absolute atomic E-state index is 5.91. The van der Waals surface area contributed by atoms with Gasteiger partial charge in [-0.05, 0) is 52.4 Å². The minimum atomic E-state index is -1.91. The molecule has 0 radical (unpaired) electrons. The van der Waals surface area contributed by atoms with E-state index in [0.717, 1.165) is 19.3 Å². The van der Waals surface area contributed by atoms with Gasteiger partial charge in [-0.15, -0.1) is 0 Å². The van der Waals surface area contributed by atoms with Crippen molar-refractivity contribution in [3.05, 3.63) is 0 Å². The Morgan fingerprint density at radius 2 is 1.37 bits per heavy atom. The third-order valence-electron chi connectivity index (χ3n) is 3.40. The zero-order valence-corrected chi connectivity index (χ0v) is 16.2. The smallest absolute Gasteiger partial charge is 0.334 e. The Labute approximate surface area is 123 Å². The molecule has 0 spiro atoms. The van der Waals surface area contributed by atoms with Crippen LogP contribution in [-0.4, -0.2) is 47.7 Å². The van der Waals surface area contributed by atoms with E-state index >= 15 is 0 Å². The summed E-state index contributed by atoms with van der Waals surface area (Å²) in [5.74, 6) is 0. The molecule has 19 heavy (non-hydrogen) atoms. The molecule has 0 fully saturated rings. The first-order valence-corrected chi connectivity index (χ1v) is 13.8. The van der Waals surface area contributed by atoms with Crippen LogP contribution in [0.1, 0.15) is 33.6 Å². The monoisotopic (exact) mass is 305 g/mol. The molecule has 0 heterocycles. The number of hydrogen-bond acceptors (Lipinski definition) is 3. The Balaban J connectivity index is 4.28. The van der Waals surface area contributed by atoms with E-state index in [-0.39, 0.29) is 0 Å². The van der Waals surface area contributed by atoms with Crippen LogP contribution in [0.25, 0.3) is 0 Å². The van der Waals surface area contributed by atoms with Crippen molar-refractivity contribution in [3.8, 4) is 0 Å². The van der Waals surface area contributed by atoms with E-state index in [2.05, 4.69) is 51.5 Å². The Kier molecular flexibility index (Phi) is 9.44. The second-order valence-corrected chi connectivity index (χ2v) is 14.6. The van der Waals surface area contributed by atoms with Crippen molar-refractivity contribution in [3.63, 3.8) is 0 Å². The average Bonchev–Trinajstić information content (AvgIpc) is 2.27. The standard InChI is InChI=1S/C14H35NO2Si2/c1-8-12-15(18(4,5)6)13-11-14-19(7,16-9-2)17-10-3/h8-14H2,1-7H3. The summed E-state index contributed by atoms with van der Waals surface area (Å²) in [7, 11) is -3.08. The van der Waals surface area contributed by atoms with Gasteiger partial charge in [-0.3, -0.25) is 0 Å². The van der Waals surface area contributed by atoms with E-state index in [4.69, 9.17) is 8.85 Å². The molecule has 0 aliphatic heterocycles. The van der Waals surface area contributed by atoms with Gasteiger partial charge in [0.25, 0.3) is 0 Å². The highest BCUT2D eigenvalue weighted by Gasteiger charge is 2.31. The summed E-state index contributed by atoms with van der Waals surface area (Å²) in [6.45, 7) is 19.9. The lowest BCUT2D eigenvalue weighted by atomic mass is 10.4. The molecule has 0 aromatic carbocycles. The zero-order chi connectivity index (χ0) is 14.9. The van der Waals surface area contributed by atoms with Crippen LogP contribution in [0.2, 0.25) is 32.2 Å². The van der Waals surface area contributed by atoms with Gasteiger partial charge in [-0.1, -0.05) is 26.6 Å². The molecule has 3 nitrogen and oxygen atoms in total. The Morgan fingerprint density at radius 1 is 0.842 bits per heavy atom. The van der Waals surface area contributed by atoms with Gasteiger partial charge in [0, 0.05) is 13.2 Å². The van der Waals surface area contributed by atoms with Crippen molar-refractivity contribution in [2.24, 2.45) is 0 Å². The predicted octanol–water partition coefficient (Wildman–Crippen LogP) is 4.07. The quantitative estimate of drug-likeness (QED) is 0.537. The summed E-state index contributed by atoms with van der Waals surface area (Å²) in [6, 6.07) is 1.11. The molecule has 0 atom stereocenters. The van der Waals surface area contributed by atoms with Crippen molar-refractivity contribution in [2.75, 3.05) is 26.3 Å². The van der Waals surface area contributed by atoms with Gasteiger partial charge in [0.1, 0.15) is 8.24 Å². The molecule has 0 unspecified atom stereocenters. The minimum absolute atomic E-state index is 0.773. The fourth-order valence-corrected chi connectivity index (χ4v) is 6.56. The van der Waals surface area contributed by atoms with Crippen molar-refractivity contribution in [2.45, 2.75) is 65.8 Å². The van der Waals surface area contributed by atoms with Crippen molar-refractivity contribution >= 4 is 16.8 Å². The van der Waals surface area contributed by atoms with Crippen molar-refractivity contribution < 1.29 is 8.85 Å². The summed E-state index contributed by atoms with van der Waals surface area (Å²) in [4.78, 5) is 0. The molecule has 0 N–H and O–H groups in total. The third-order valence-corrected chi connectivity index (χ3v) is 8.81. The molecule has 0 aliphatic rings. The van der Waals surface area contributed by atoms with E-state index in [9.17, 15) is 0 Å². The summed E-state index contributed by atoms with van der Waals surface area (Å²) < 4.78 is 14.5. The molecule has 0 amide bonds. The molecule has 0 rings (SSSR count). The Bertz CT molecular complexity index is 226. The molecule has 116 valence electrons. The number of nitrogens with zero attached hydrogens (tertiary/aromatic N) is 1. The predicted molar refractivity (Wildman–Crippen MR) is 89.5 cm³/mol. The van der Waals surface area contributed by atoms with Crippen LogP contribution < -0.4 is 0 Å². The van der Waals surface area contributed by atoms with Crippen LogP contribution in [0.15, 0.2) is 0 Å².